The first-order valence-corrected chi connectivity index (χ1v) is 11.8. The Balaban J connectivity index is 1.36. The molecule has 0 aliphatic rings. The molecule has 186 valence electrons. The molecule has 3 aromatic carbocycles. The molecule has 5 rings (SSSR count). The van der Waals surface area contributed by atoms with Crippen molar-refractivity contribution in [3.63, 3.8) is 0 Å². The van der Waals surface area contributed by atoms with Crippen molar-refractivity contribution in [3.8, 4) is 5.75 Å². The van der Waals surface area contributed by atoms with Gasteiger partial charge in [0.2, 0.25) is 0 Å². The highest BCUT2D eigenvalue weighted by Gasteiger charge is 2.13. The minimum atomic E-state index is -0.384. The van der Waals surface area contributed by atoms with Gasteiger partial charge in [-0.15, -0.1) is 0 Å². The second kappa shape index (κ2) is 10.7. The molecule has 5 aromatic rings. The largest absolute Gasteiger partial charge is 0.487 e. The van der Waals surface area contributed by atoms with Crippen LogP contribution in [0.3, 0.4) is 0 Å². The molecule has 9 heteroatoms. The lowest BCUT2D eigenvalue weighted by Gasteiger charge is -2.13. The Morgan fingerprint density at radius 3 is 2.68 bits per heavy atom. The van der Waals surface area contributed by atoms with Gasteiger partial charge in [-0.1, -0.05) is 35.9 Å². The van der Waals surface area contributed by atoms with Crippen LogP contribution < -0.4 is 10.1 Å². The molecule has 0 amide bonds. The van der Waals surface area contributed by atoms with Gasteiger partial charge in [-0.25, -0.2) is 19.2 Å². The van der Waals surface area contributed by atoms with Gasteiger partial charge >= 0.3 is 5.97 Å². The van der Waals surface area contributed by atoms with E-state index in [0.717, 1.165) is 16.6 Å². The number of nitrogens with zero attached hydrogens (tertiary/aromatic N) is 3. The molecule has 7 nitrogen and oxygen atoms in total. The van der Waals surface area contributed by atoms with E-state index < -0.39 is 0 Å². The highest BCUT2D eigenvalue weighted by molar-refractivity contribution is 6.32. The highest BCUT2D eigenvalue weighted by atomic mass is 35.5. The second-order valence-corrected chi connectivity index (χ2v) is 8.69. The number of halogens is 2. The lowest BCUT2D eigenvalue weighted by atomic mass is 10.1. The van der Waals surface area contributed by atoms with Gasteiger partial charge < -0.3 is 19.4 Å². The molecule has 0 fully saturated rings. The number of fused-ring (bicyclic) bond motifs is 1. The average molecular weight is 517 g/mol. The molecular formula is C28H22ClFN4O3. The first-order chi connectivity index (χ1) is 18.0. The van der Waals surface area contributed by atoms with E-state index in [1.54, 1.807) is 36.4 Å². The zero-order chi connectivity index (χ0) is 25.8. The topological polar surface area (TPSA) is 78.3 Å². The van der Waals surface area contributed by atoms with Crippen molar-refractivity contribution in [2.45, 2.75) is 13.2 Å². The van der Waals surface area contributed by atoms with Gasteiger partial charge in [0.25, 0.3) is 0 Å². The molecule has 0 saturated heterocycles. The van der Waals surface area contributed by atoms with E-state index in [4.69, 9.17) is 21.1 Å². The SMILES string of the molecule is COC(=O)c1cccc(Cn2ccc3ncnc(Nc4ccc(OCc5cccc(F)c5)c(Cl)c4)c32)c1. The van der Waals surface area contributed by atoms with E-state index in [0.29, 0.717) is 39.9 Å². The van der Waals surface area contributed by atoms with Crippen LogP contribution >= 0.6 is 11.6 Å². The Bertz CT molecular complexity index is 1590. The number of nitrogens with one attached hydrogen (secondary N) is 1. The summed E-state index contributed by atoms with van der Waals surface area (Å²) in [5, 5.41) is 3.72. The summed E-state index contributed by atoms with van der Waals surface area (Å²) >= 11 is 6.47. The van der Waals surface area contributed by atoms with Gasteiger partial charge in [0.1, 0.15) is 30.0 Å². The third-order valence-electron chi connectivity index (χ3n) is 5.73. The number of carbonyl (C=O) groups excluding carboxylic acids is 1. The van der Waals surface area contributed by atoms with Crippen molar-refractivity contribution in [3.05, 3.63) is 113 Å². The molecule has 0 bridgehead atoms. The van der Waals surface area contributed by atoms with Crippen LogP contribution in [0.1, 0.15) is 21.5 Å². The molecule has 0 atom stereocenters. The van der Waals surface area contributed by atoms with Crippen LogP contribution in [-0.2, 0) is 17.9 Å². The van der Waals surface area contributed by atoms with E-state index in [1.165, 1.54) is 25.6 Å². The average Bonchev–Trinajstić information content (AvgIpc) is 3.31. The second-order valence-electron chi connectivity index (χ2n) is 8.28. The molecule has 2 aromatic heterocycles. The van der Waals surface area contributed by atoms with Crippen LogP contribution in [-0.4, -0.2) is 27.6 Å². The smallest absolute Gasteiger partial charge is 0.337 e. The molecule has 0 aliphatic carbocycles. The first-order valence-electron chi connectivity index (χ1n) is 11.4. The summed E-state index contributed by atoms with van der Waals surface area (Å²) in [5.41, 5.74) is 4.40. The summed E-state index contributed by atoms with van der Waals surface area (Å²) in [7, 11) is 1.36. The Labute approximate surface area is 217 Å². The fraction of sp³-hybridized carbons (Fsp3) is 0.107. The van der Waals surface area contributed by atoms with E-state index >= 15 is 0 Å². The zero-order valence-corrected chi connectivity index (χ0v) is 20.6. The van der Waals surface area contributed by atoms with E-state index in [1.807, 2.05) is 35.0 Å². The number of aromatic nitrogens is 3. The standard InChI is InChI=1S/C28H22ClFN4O3/c1-36-28(35)20-6-2-4-18(12-20)15-34-11-10-24-26(34)27(32-17-31-24)33-22-8-9-25(23(29)14-22)37-16-19-5-3-7-21(30)13-19/h2-14,17H,15-16H2,1H3,(H,31,32,33). The lowest BCUT2D eigenvalue weighted by Crippen LogP contribution is -2.05. The molecule has 0 aliphatic heterocycles. The van der Waals surface area contributed by atoms with Gasteiger partial charge in [-0.2, -0.15) is 0 Å². The maximum Gasteiger partial charge on any atom is 0.337 e. The number of methoxy groups -OCH3 is 1. The number of benzene rings is 3. The van der Waals surface area contributed by atoms with Crippen molar-refractivity contribution in [1.82, 2.24) is 14.5 Å². The molecule has 37 heavy (non-hydrogen) atoms. The number of anilines is 2. The zero-order valence-electron chi connectivity index (χ0n) is 19.8. The third kappa shape index (κ3) is 5.54. The van der Waals surface area contributed by atoms with Crippen LogP contribution in [0.5, 0.6) is 5.75 Å². The Hall–Kier alpha value is -4.43. The predicted octanol–water partition coefficient (Wildman–Crippen LogP) is 6.38. The molecule has 1 N–H and O–H groups in total. The van der Waals surface area contributed by atoms with Crippen LogP contribution in [0.15, 0.2) is 85.3 Å². The van der Waals surface area contributed by atoms with Crippen LogP contribution in [0.2, 0.25) is 5.02 Å². The summed E-state index contributed by atoms with van der Waals surface area (Å²) < 4.78 is 26.0. The molecule has 2 heterocycles. The van der Waals surface area contributed by atoms with Crippen molar-refractivity contribution < 1.29 is 18.7 Å². The maximum atomic E-state index is 13.4. The van der Waals surface area contributed by atoms with Crippen molar-refractivity contribution in [2.75, 3.05) is 12.4 Å². The number of hydrogen-bond donors (Lipinski definition) is 1. The number of ether oxygens (including phenoxy) is 2. The van der Waals surface area contributed by atoms with Gasteiger partial charge in [-0.05, 0) is 59.7 Å². The van der Waals surface area contributed by atoms with Gasteiger partial charge in [0.15, 0.2) is 5.82 Å². The Kier molecular flexibility index (Phi) is 7.00. The summed E-state index contributed by atoms with van der Waals surface area (Å²) in [6.45, 7) is 0.700. The molecule has 0 radical (unpaired) electrons. The number of rotatable bonds is 8. The van der Waals surface area contributed by atoms with Crippen LogP contribution in [0.4, 0.5) is 15.9 Å². The quantitative estimate of drug-likeness (QED) is 0.241. The third-order valence-corrected chi connectivity index (χ3v) is 6.02. The lowest BCUT2D eigenvalue weighted by molar-refractivity contribution is 0.0600. The van der Waals surface area contributed by atoms with Crippen LogP contribution in [0, 0.1) is 5.82 Å². The summed E-state index contributed by atoms with van der Waals surface area (Å²) in [4.78, 5) is 20.7. The summed E-state index contributed by atoms with van der Waals surface area (Å²) in [6.07, 6.45) is 3.41. The monoisotopic (exact) mass is 516 g/mol. The summed E-state index contributed by atoms with van der Waals surface area (Å²) in [6, 6.07) is 20.7. The minimum Gasteiger partial charge on any atom is -0.487 e. The van der Waals surface area contributed by atoms with E-state index in [-0.39, 0.29) is 18.4 Å². The number of esters is 1. The molecule has 0 saturated carbocycles. The predicted molar refractivity (Wildman–Crippen MR) is 140 cm³/mol. The fourth-order valence-electron chi connectivity index (χ4n) is 3.99. The van der Waals surface area contributed by atoms with Gasteiger partial charge in [0.05, 0.1) is 23.2 Å². The summed E-state index contributed by atoms with van der Waals surface area (Å²) in [5.74, 6) is 0.385. The Morgan fingerprint density at radius 1 is 1.03 bits per heavy atom. The number of hydrogen-bond acceptors (Lipinski definition) is 6. The Morgan fingerprint density at radius 2 is 1.86 bits per heavy atom. The highest BCUT2D eigenvalue weighted by Crippen LogP contribution is 2.31. The van der Waals surface area contributed by atoms with E-state index in [9.17, 15) is 9.18 Å². The molecular weight excluding hydrogens is 495 g/mol. The fourth-order valence-corrected chi connectivity index (χ4v) is 4.22. The van der Waals surface area contributed by atoms with Crippen molar-refractivity contribution in [2.24, 2.45) is 0 Å². The van der Waals surface area contributed by atoms with E-state index in [2.05, 4.69) is 15.3 Å². The van der Waals surface area contributed by atoms with Gasteiger partial charge in [-0.3, -0.25) is 0 Å². The minimum absolute atomic E-state index is 0.196. The first kappa shape index (κ1) is 24.3. The number of carbonyl (C=O) groups is 1. The molecule has 0 spiro atoms. The van der Waals surface area contributed by atoms with Gasteiger partial charge in [0, 0.05) is 18.4 Å². The normalized spacial score (nSPS) is 10.9. The maximum absolute atomic E-state index is 13.4. The van der Waals surface area contributed by atoms with Crippen molar-refractivity contribution >= 4 is 40.1 Å². The van der Waals surface area contributed by atoms with Crippen LogP contribution in [0.25, 0.3) is 11.0 Å². The van der Waals surface area contributed by atoms with Crippen molar-refractivity contribution in [1.29, 1.82) is 0 Å². The molecule has 0 unspecified atom stereocenters.